The number of H-pyrrole nitrogens is 1. The normalized spacial score (nSPS) is 12.6. The van der Waals surface area contributed by atoms with Crippen LogP contribution in [0.15, 0.2) is 0 Å². The number of aromatic amines is 1. The molecule has 0 spiro atoms. The zero-order valence-electron chi connectivity index (χ0n) is 15.2. The van der Waals surface area contributed by atoms with Gasteiger partial charge in [0.05, 0.1) is 12.2 Å². The molecule has 0 fully saturated rings. The van der Waals surface area contributed by atoms with Crippen LogP contribution in [0.25, 0.3) is 0 Å². The summed E-state index contributed by atoms with van der Waals surface area (Å²) in [6, 6.07) is 0.250. The molecule has 0 unspecified atom stereocenters. The Bertz CT molecular complexity index is 554. The summed E-state index contributed by atoms with van der Waals surface area (Å²) in [7, 11) is 4.00. The fraction of sp³-hybridized carbons (Fsp3) is 0.647. The van der Waals surface area contributed by atoms with Crippen molar-refractivity contribution < 1.29 is 14.3 Å². The van der Waals surface area contributed by atoms with Crippen LogP contribution in [0.3, 0.4) is 0 Å². The van der Waals surface area contributed by atoms with E-state index in [0.29, 0.717) is 41.6 Å². The summed E-state index contributed by atoms with van der Waals surface area (Å²) in [4.78, 5) is 29.5. The Labute approximate surface area is 138 Å². The SMILES string of the molecule is CCOC(=O)c1c(C)[nH]c(C(=O)NC[C@@H](C(C)C)N(C)C)c1C. The third kappa shape index (κ3) is 4.58. The highest BCUT2D eigenvalue weighted by Crippen LogP contribution is 2.19. The summed E-state index contributed by atoms with van der Waals surface area (Å²) in [5, 5.41) is 2.95. The Kier molecular flexibility index (Phi) is 6.81. The molecule has 6 nitrogen and oxygen atoms in total. The van der Waals surface area contributed by atoms with Gasteiger partial charge in [0.1, 0.15) is 5.69 Å². The van der Waals surface area contributed by atoms with Crippen LogP contribution in [-0.2, 0) is 4.74 Å². The average Bonchev–Trinajstić information content (AvgIpc) is 2.73. The fourth-order valence-electron chi connectivity index (χ4n) is 2.79. The van der Waals surface area contributed by atoms with Gasteiger partial charge in [0.15, 0.2) is 0 Å². The third-order valence-corrected chi connectivity index (χ3v) is 4.05. The van der Waals surface area contributed by atoms with Gasteiger partial charge in [0.25, 0.3) is 5.91 Å². The van der Waals surface area contributed by atoms with Crippen LogP contribution in [0.5, 0.6) is 0 Å². The van der Waals surface area contributed by atoms with Gasteiger partial charge in [-0.25, -0.2) is 4.79 Å². The standard InChI is InChI=1S/C17H29N3O3/c1-8-23-17(22)14-11(4)15(19-12(14)5)16(21)18-9-13(10(2)3)20(6)7/h10,13,19H,8-9H2,1-7H3,(H,18,21)/t13-/m0/s1. The molecular weight excluding hydrogens is 294 g/mol. The van der Waals surface area contributed by atoms with Crippen molar-refractivity contribution in [1.82, 2.24) is 15.2 Å². The summed E-state index contributed by atoms with van der Waals surface area (Å²) in [6.07, 6.45) is 0. The van der Waals surface area contributed by atoms with Crippen LogP contribution in [0, 0.1) is 19.8 Å². The Morgan fingerprint density at radius 2 is 1.87 bits per heavy atom. The maximum absolute atomic E-state index is 12.4. The third-order valence-electron chi connectivity index (χ3n) is 4.05. The number of nitrogens with one attached hydrogen (secondary N) is 2. The molecule has 1 aromatic heterocycles. The Morgan fingerprint density at radius 3 is 2.35 bits per heavy atom. The number of hydrogen-bond acceptors (Lipinski definition) is 4. The predicted octanol–water partition coefficient (Wildman–Crippen LogP) is 2.12. The van der Waals surface area contributed by atoms with E-state index in [1.54, 1.807) is 20.8 Å². The lowest BCUT2D eigenvalue weighted by atomic mass is 10.0. The number of carbonyl (C=O) groups excluding carboxylic acids is 2. The lowest BCUT2D eigenvalue weighted by Crippen LogP contribution is -2.43. The van der Waals surface area contributed by atoms with Crippen LogP contribution < -0.4 is 5.32 Å². The maximum Gasteiger partial charge on any atom is 0.340 e. The molecule has 0 aliphatic rings. The molecular formula is C17H29N3O3. The smallest absolute Gasteiger partial charge is 0.340 e. The number of carbonyl (C=O) groups is 2. The van der Waals surface area contributed by atoms with Crippen LogP contribution in [0.2, 0.25) is 0 Å². The lowest BCUT2D eigenvalue weighted by molar-refractivity contribution is 0.0525. The molecule has 0 bridgehead atoms. The molecule has 6 heteroatoms. The molecule has 0 aliphatic carbocycles. The van der Waals surface area contributed by atoms with E-state index >= 15 is 0 Å². The zero-order valence-corrected chi connectivity index (χ0v) is 15.2. The maximum atomic E-state index is 12.4. The number of amides is 1. The summed E-state index contributed by atoms with van der Waals surface area (Å²) < 4.78 is 5.05. The van der Waals surface area contributed by atoms with Crippen molar-refractivity contribution in [3.8, 4) is 0 Å². The molecule has 0 saturated carbocycles. The second kappa shape index (κ2) is 8.15. The fourth-order valence-corrected chi connectivity index (χ4v) is 2.79. The average molecular weight is 323 g/mol. The van der Waals surface area contributed by atoms with Crippen LogP contribution in [-0.4, -0.2) is 55.0 Å². The Morgan fingerprint density at radius 1 is 1.26 bits per heavy atom. The first kappa shape index (κ1) is 19.2. The monoisotopic (exact) mass is 323 g/mol. The highest BCUT2D eigenvalue weighted by atomic mass is 16.5. The minimum atomic E-state index is -0.397. The molecule has 0 aliphatic heterocycles. The van der Waals surface area contributed by atoms with Crippen molar-refractivity contribution >= 4 is 11.9 Å². The van der Waals surface area contributed by atoms with Crippen molar-refractivity contribution in [2.24, 2.45) is 5.92 Å². The summed E-state index contributed by atoms with van der Waals surface area (Å²) in [6.45, 7) is 10.4. The summed E-state index contributed by atoms with van der Waals surface area (Å²) >= 11 is 0. The highest BCUT2D eigenvalue weighted by Gasteiger charge is 2.24. The number of esters is 1. The second-order valence-corrected chi connectivity index (χ2v) is 6.33. The van der Waals surface area contributed by atoms with Crippen LogP contribution in [0.4, 0.5) is 0 Å². The highest BCUT2D eigenvalue weighted by molar-refractivity contribution is 6.00. The molecule has 1 atom stereocenters. The molecule has 23 heavy (non-hydrogen) atoms. The molecule has 130 valence electrons. The van der Waals surface area contributed by atoms with Crippen LogP contribution in [0.1, 0.15) is 52.9 Å². The summed E-state index contributed by atoms with van der Waals surface area (Å²) in [5.74, 6) is -0.174. The Hall–Kier alpha value is -1.82. The number of hydrogen-bond donors (Lipinski definition) is 2. The predicted molar refractivity (Wildman–Crippen MR) is 90.9 cm³/mol. The van der Waals surface area contributed by atoms with E-state index in [9.17, 15) is 9.59 Å². The molecule has 0 radical (unpaired) electrons. The first-order valence-electron chi connectivity index (χ1n) is 8.01. The minimum Gasteiger partial charge on any atom is -0.462 e. The van der Waals surface area contributed by atoms with Gasteiger partial charge in [-0.05, 0) is 46.3 Å². The van der Waals surface area contributed by atoms with Gasteiger partial charge in [0, 0.05) is 18.3 Å². The van der Waals surface area contributed by atoms with E-state index < -0.39 is 5.97 Å². The molecule has 2 N–H and O–H groups in total. The number of rotatable bonds is 7. The van der Waals surface area contributed by atoms with E-state index in [1.807, 2.05) is 14.1 Å². The topological polar surface area (TPSA) is 74.4 Å². The Balaban J connectivity index is 2.89. The number of nitrogens with zero attached hydrogens (tertiary/aromatic N) is 1. The van der Waals surface area contributed by atoms with Gasteiger partial charge in [0.2, 0.25) is 0 Å². The minimum absolute atomic E-state index is 0.200. The van der Waals surface area contributed by atoms with Crippen molar-refractivity contribution in [3.63, 3.8) is 0 Å². The lowest BCUT2D eigenvalue weighted by Gasteiger charge is -2.28. The first-order chi connectivity index (χ1) is 10.7. The molecule has 1 aromatic rings. The van der Waals surface area contributed by atoms with Gasteiger partial charge in [-0.15, -0.1) is 0 Å². The van der Waals surface area contributed by atoms with Crippen molar-refractivity contribution in [1.29, 1.82) is 0 Å². The molecule has 0 aromatic carbocycles. The van der Waals surface area contributed by atoms with Crippen LogP contribution >= 0.6 is 0 Å². The largest absolute Gasteiger partial charge is 0.462 e. The number of ether oxygens (including phenoxy) is 1. The van der Waals surface area contributed by atoms with Crippen molar-refractivity contribution in [3.05, 3.63) is 22.5 Å². The molecule has 0 saturated heterocycles. The summed E-state index contributed by atoms with van der Waals surface area (Å²) in [5.41, 5.74) is 2.15. The van der Waals surface area contributed by atoms with Crippen molar-refractivity contribution in [2.45, 2.75) is 40.7 Å². The van der Waals surface area contributed by atoms with E-state index in [0.717, 1.165) is 0 Å². The first-order valence-corrected chi connectivity index (χ1v) is 8.01. The van der Waals surface area contributed by atoms with Gasteiger partial charge in [-0.1, -0.05) is 13.8 Å². The van der Waals surface area contributed by atoms with Gasteiger partial charge in [-0.3, -0.25) is 4.79 Å². The van der Waals surface area contributed by atoms with E-state index in [2.05, 4.69) is 29.0 Å². The quantitative estimate of drug-likeness (QED) is 0.754. The molecule has 1 amide bonds. The molecule has 1 heterocycles. The zero-order chi connectivity index (χ0) is 17.7. The van der Waals surface area contributed by atoms with Gasteiger partial charge in [-0.2, -0.15) is 0 Å². The number of likely N-dealkylation sites (N-methyl/N-ethyl adjacent to an activating group) is 1. The second-order valence-electron chi connectivity index (χ2n) is 6.33. The van der Waals surface area contributed by atoms with Crippen molar-refractivity contribution in [2.75, 3.05) is 27.2 Å². The van der Waals surface area contributed by atoms with E-state index in [-0.39, 0.29) is 11.9 Å². The van der Waals surface area contributed by atoms with Gasteiger partial charge < -0.3 is 19.9 Å². The number of aromatic nitrogens is 1. The van der Waals surface area contributed by atoms with Gasteiger partial charge >= 0.3 is 5.97 Å². The number of aryl methyl sites for hydroxylation is 1. The van der Waals surface area contributed by atoms with E-state index in [1.165, 1.54) is 0 Å². The van der Waals surface area contributed by atoms with E-state index in [4.69, 9.17) is 4.74 Å². The molecule has 1 rings (SSSR count).